The van der Waals surface area contributed by atoms with Gasteiger partial charge in [0.2, 0.25) is 0 Å². The van der Waals surface area contributed by atoms with E-state index in [9.17, 15) is 4.79 Å². The quantitative estimate of drug-likeness (QED) is 0.732. The topological polar surface area (TPSA) is 38.3 Å². The summed E-state index contributed by atoms with van der Waals surface area (Å²) < 4.78 is 5.18. The Morgan fingerprint density at radius 1 is 1.62 bits per heavy atom. The minimum Gasteiger partial charge on any atom is -0.446 e. The molecule has 0 saturated carbocycles. The summed E-state index contributed by atoms with van der Waals surface area (Å²) in [5, 5.41) is 2.81. The van der Waals surface area contributed by atoms with Crippen molar-refractivity contribution in [3.63, 3.8) is 0 Å². The van der Waals surface area contributed by atoms with E-state index in [-0.39, 0.29) is 12.2 Å². The Hall–Kier alpha value is -0.730. The fourth-order valence-corrected chi connectivity index (χ4v) is 1.72. The predicted molar refractivity (Wildman–Crippen MR) is 51.6 cm³/mol. The predicted octanol–water partition coefficient (Wildman–Crippen LogP) is 2.31. The van der Waals surface area contributed by atoms with Crippen LogP contribution in [0.4, 0.5) is 4.79 Å². The number of nitrogens with one attached hydrogen (secondary N) is 1. The van der Waals surface area contributed by atoms with Gasteiger partial charge in [-0.2, -0.15) is 0 Å². The Morgan fingerprint density at radius 2 is 2.31 bits per heavy atom. The number of alkyl carbamates (subject to hydrolysis) is 1. The van der Waals surface area contributed by atoms with Gasteiger partial charge in [0.1, 0.15) is 6.10 Å². The lowest BCUT2D eigenvalue weighted by Crippen LogP contribution is -2.45. The van der Waals surface area contributed by atoms with Crippen LogP contribution in [0.15, 0.2) is 0 Å². The van der Waals surface area contributed by atoms with Crippen molar-refractivity contribution in [2.75, 3.05) is 0 Å². The Kier molecular flexibility index (Phi) is 3.58. The third-order valence-electron chi connectivity index (χ3n) is 2.37. The van der Waals surface area contributed by atoms with Gasteiger partial charge in [0, 0.05) is 12.5 Å². The molecule has 1 N–H and O–H groups in total. The Morgan fingerprint density at radius 3 is 2.85 bits per heavy atom. The number of ether oxygens (including phenoxy) is 1. The fourth-order valence-electron chi connectivity index (χ4n) is 1.72. The molecule has 1 fully saturated rings. The third-order valence-corrected chi connectivity index (χ3v) is 2.37. The van der Waals surface area contributed by atoms with E-state index in [4.69, 9.17) is 4.74 Å². The first-order valence-corrected chi connectivity index (χ1v) is 5.09. The molecule has 1 aliphatic heterocycles. The van der Waals surface area contributed by atoms with Crippen molar-refractivity contribution in [3.8, 4) is 0 Å². The largest absolute Gasteiger partial charge is 0.446 e. The summed E-state index contributed by atoms with van der Waals surface area (Å²) in [5.41, 5.74) is 0. The molecule has 3 heteroatoms. The third kappa shape index (κ3) is 3.25. The number of hydrogen-bond donors (Lipinski definition) is 1. The van der Waals surface area contributed by atoms with Gasteiger partial charge in [0.05, 0.1) is 0 Å². The zero-order valence-electron chi connectivity index (χ0n) is 8.67. The van der Waals surface area contributed by atoms with Crippen molar-refractivity contribution < 1.29 is 9.53 Å². The van der Waals surface area contributed by atoms with Crippen LogP contribution in [0.2, 0.25) is 0 Å². The van der Waals surface area contributed by atoms with Gasteiger partial charge in [-0.05, 0) is 18.8 Å². The molecule has 0 aromatic carbocycles. The van der Waals surface area contributed by atoms with E-state index in [1.807, 2.05) is 0 Å². The zero-order chi connectivity index (χ0) is 9.84. The highest BCUT2D eigenvalue weighted by Crippen LogP contribution is 2.18. The van der Waals surface area contributed by atoms with E-state index in [2.05, 4.69) is 26.1 Å². The van der Waals surface area contributed by atoms with E-state index in [1.54, 1.807) is 0 Å². The summed E-state index contributed by atoms with van der Waals surface area (Å²) >= 11 is 0. The lowest BCUT2D eigenvalue weighted by molar-refractivity contribution is 0.0471. The van der Waals surface area contributed by atoms with E-state index in [0.717, 1.165) is 19.3 Å². The van der Waals surface area contributed by atoms with Crippen LogP contribution in [0.5, 0.6) is 0 Å². The van der Waals surface area contributed by atoms with Crippen molar-refractivity contribution in [1.82, 2.24) is 5.32 Å². The van der Waals surface area contributed by atoms with Crippen LogP contribution in [0.1, 0.15) is 40.0 Å². The second-order valence-electron chi connectivity index (χ2n) is 4.14. The summed E-state index contributed by atoms with van der Waals surface area (Å²) in [6.45, 7) is 6.39. The molecule has 2 atom stereocenters. The highest BCUT2D eigenvalue weighted by molar-refractivity contribution is 5.68. The van der Waals surface area contributed by atoms with Crippen LogP contribution in [0, 0.1) is 5.92 Å². The van der Waals surface area contributed by atoms with Gasteiger partial charge in [-0.25, -0.2) is 4.79 Å². The molecule has 1 saturated heterocycles. The van der Waals surface area contributed by atoms with Crippen molar-refractivity contribution in [1.29, 1.82) is 0 Å². The van der Waals surface area contributed by atoms with Crippen LogP contribution in [0.3, 0.4) is 0 Å². The zero-order valence-corrected chi connectivity index (χ0v) is 8.67. The number of rotatable bonds is 3. The molecule has 0 aliphatic carbocycles. The average Bonchev–Trinajstić information content (AvgIpc) is 2.01. The summed E-state index contributed by atoms with van der Waals surface area (Å²) in [4.78, 5) is 11.1. The van der Waals surface area contributed by atoms with E-state index < -0.39 is 0 Å². The van der Waals surface area contributed by atoms with Crippen LogP contribution in [0.25, 0.3) is 0 Å². The number of carbonyl (C=O) groups is 1. The molecule has 3 nitrogen and oxygen atoms in total. The number of cyclic esters (lactones) is 1. The van der Waals surface area contributed by atoms with Gasteiger partial charge >= 0.3 is 6.09 Å². The van der Waals surface area contributed by atoms with E-state index >= 15 is 0 Å². The van der Waals surface area contributed by atoms with E-state index in [1.165, 1.54) is 0 Å². The van der Waals surface area contributed by atoms with Gasteiger partial charge in [-0.15, -0.1) is 0 Å². The molecule has 0 unspecified atom stereocenters. The van der Waals surface area contributed by atoms with E-state index in [0.29, 0.717) is 12.0 Å². The number of amides is 1. The molecule has 1 amide bonds. The molecule has 0 bridgehead atoms. The molecule has 0 aromatic heterocycles. The Bertz CT molecular complexity index is 180. The Labute approximate surface area is 79.8 Å². The van der Waals surface area contributed by atoms with Gasteiger partial charge in [0.15, 0.2) is 0 Å². The maximum Gasteiger partial charge on any atom is 0.407 e. The molecule has 0 radical (unpaired) electrons. The molecule has 76 valence electrons. The first-order valence-electron chi connectivity index (χ1n) is 5.09. The van der Waals surface area contributed by atoms with Gasteiger partial charge < -0.3 is 10.1 Å². The van der Waals surface area contributed by atoms with Gasteiger partial charge in [-0.1, -0.05) is 20.8 Å². The lowest BCUT2D eigenvalue weighted by Gasteiger charge is -2.30. The molecule has 1 rings (SSSR count). The maximum absolute atomic E-state index is 11.1. The monoisotopic (exact) mass is 185 g/mol. The summed E-state index contributed by atoms with van der Waals surface area (Å²) in [7, 11) is 0. The summed E-state index contributed by atoms with van der Waals surface area (Å²) in [5.74, 6) is 0.591. The van der Waals surface area contributed by atoms with Gasteiger partial charge in [0.25, 0.3) is 0 Å². The minimum atomic E-state index is -0.247. The normalized spacial score (nSPS) is 28.5. The van der Waals surface area contributed by atoms with Gasteiger partial charge in [-0.3, -0.25) is 0 Å². The van der Waals surface area contributed by atoms with Crippen molar-refractivity contribution in [3.05, 3.63) is 0 Å². The minimum absolute atomic E-state index is 0.124. The number of hydrogen-bond acceptors (Lipinski definition) is 2. The Balaban J connectivity index is 2.42. The molecule has 0 spiro atoms. The van der Waals surface area contributed by atoms with Crippen LogP contribution in [-0.4, -0.2) is 18.2 Å². The second kappa shape index (κ2) is 4.49. The molecule has 1 heterocycles. The second-order valence-corrected chi connectivity index (χ2v) is 4.14. The first kappa shape index (κ1) is 10.4. The van der Waals surface area contributed by atoms with Crippen LogP contribution < -0.4 is 5.32 Å². The molecule has 13 heavy (non-hydrogen) atoms. The van der Waals surface area contributed by atoms with Crippen LogP contribution >= 0.6 is 0 Å². The average molecular weight is 185 g/mol. The standard InChI is InChI=1S/C10H19NO2/c1-4-8-6-9(5-7(2)3)13-10(12)11-8/h7-9H,4-6H2,1-3H3,(H,11,12)/t8-,9-/m0/s1. The molecule has 0 aromatic rings. The number of carbonyl (C=O) groups excluding carboxylic acids is 1. The lowest BCUT2D eigenvalue weighted by atomic mass is 9.98. The molecular formula is C10H19NO2. The van der Waals surface area contributed by atoms with Crippen molar-refractivity contribution >= 4 is 6.09 Å². The fraction of sp³-hybridized carbons (Fsp3) is 0.900. The van der Waals surface area contributed by atoms with Crippen molar-refractivity contribution in [2.45, 2.75) is 52.2 Å². The summed E-state index contributed by atoms with van der Waals surface area (Å²) in [6, 6.07) is 0.310. The molecular weight excluding hydrogens is 166 g/mol. The van der Waals surface area contributed by atoms with Crippen molar-refractivity contribution in [2.24, 2.45) is 5.92 Å². The summed E-state index contributed by atoms with van der Waals surface area (Å²) in [6.07, 6.45) is 2.80. The highest BCUT2D eigenvalue weighted by Gasteiger charge is 2.26. The van der Waals surface area contributed by atoms with Crippen LogP contribution in [-0.2, 0) is 4.74 Å². The smallest absolute Gasteiger partial charge is 0.407 e. The maximum atomic E-state index is 11.1. The first-order chi connectivity index (χ1) is 6.11. The SMILES string of the molecule is CC[C@H]1C[C@H](CC(C)C)OC(=O)N1. The molecule has 1 aliphatic rings. The highest BCUT2D eigenvalue weighted by atomic mass is 16.6.